The molecule has 2 fully saturated rings. The van der Waals surface area contributed by atoms with Gasteiger partial charge < -0.3 is 15.4 Å². The third kappa shape index (κ3) is 2.67. The average molecular weight is 249 g/mol. The molecule has 2 aliphatic heterocycles. The first kappa shape index (κ1) is 13.7. The molecule has 0 bridgehead atoms. The van der Waals surface area contributed by atoms with Crippen molar-refractivity contribution in [3.63, 3.8) is 0 Å². The molecule has 0 aliphatic carbocycles. The molecule has 0 aromatic carbocycles. The SMILES string of the molecule is CCC(=O)NCC12CCOCC1CNC2.Cl. The van der Waals surface area contributed by atoms with Crippen LogP contribution < -0.4 is 10.6 Å². The monoisotopic (exact) mass is 248 g/mol. The van der Waals surface area contributed by atoms with Gasteiger partial charge in [-0.1, -0.05) is 6.92 Å². The summed E-state index contributed by atoms with van der Waals surface area (Å²) in [5.41, 5.74) is 0.253. The predicted molar refractivity (Wildman–Crippen MR) is 64.8 cm³/mol. The standard InChI is InChI=1S/C11H20N2O2.ClH/c1-2-10(14)13-8-11-3-4-15-6-9(11)5-12-7-11;/h9,12H,2-8H2,1H3,(H,13,14);1H. The number of hydrogen-bond donors (Lipinski definition) is 2. The molecular formula is C11H21ClN2O2. The molecule has 2 saturated heterocycles. The Kier molecular flexibility index (Phi) is 5.02. The van der Waals surface area contributed by atoms with Crippen LogP contribution in [0.2, 0.25) is 0 Å². The summed E-state index contributed by atoms with van der Waals surface area (Å²) in [6.45, 7) is 6.42. The molecular weight excluding hydrogens is 228 g/mol. The van der Waals surface area contributed by atoms with E-state index in [1.165, 1.54) is 0 Å². The van der Waals surface area contributed by atoms with Gasteiger partial charge in [0.15, 0.2) is 0 Å². The van der Waals surface area contributed by atoms with E-state index in [4.69, 9.17) is 4.74 Å². The van der Waals surface area contributed by atoms with E-state index in [-0.39, 0.29) is 23.7 Å². The van der Waals surface area contributed by atoms with E-state index < -0.39 is 0 Å². The zero-order chi connectivity index (χ0) is 10.7. The van der Waals surface area contributed by atoms with Crippen LogP contribution in [0, 0.1) is 11.3 Å². The van der Waals surface area contributed by atoms with Gasteiger partial charge in [-0.05, 0) is 6.42 Å². The molecule has 5 heteroatoms. The fraction of sp³-hybridized carbons (Fsp3) is 0.909. The average Bonchev–Trinajstić information content (AvgIpc) is 2.69. The van der Waals surface area contributed by atoms with Gasteiger partial charge in [-0.15, -0.1) is 12.4 Å². The Balaban J connectivity index is 0.00000128. The number of carbonyl (C=O) groups is 1. The minimum absolute atomic E-state index is 0. The van der Waals surface area contributed by atoms with Crippen molar-refractivity contribution >= 4 is 18.3 Å². The molecule has 2 N–H and O–H groups in total. The second kappa shape index (κ2) is 5.84. The van der Waals surface area contributed by atoms with E-state index in [9.17, 15) is 4.79 Å². The first-order valence-electron chi connectivity index (χ1n) is 5.82. The highest BCUT2D eigenvalue weighted by Crippen LogP contribution is 2.37. The molecule has 2 heterocycles. The van der Waals surface area contributed by atoms with Gasteiger partial charge in [0.25, 0.3) is 0 Å². The van der Waals surface area contributed by atoms with Crippen molar-refractivity contribution in [1.29, 1.82) is 0 Å². The molecule has 1 amide bonds. The molecule has 0 spiro atoms. The molecule has 0 aromatic heterocycles. The summed E-state index contributed by atoms with van der Waals surface area (Å²) in [6.07, 6.45) is 1.64. The number of fused-ring (bicyclic) bond motifs is 1. The predicted octanol–water partition coefficient (Wildman–Crippen LogP) is 0.560. The van der Waals surface area contributed by atoms with Gasteiger partial charge in [-0.2, -0.15) is 0 Å². The van der Waals surface area contributed by atoms with Crippen molar-refractivity contribution in [3.05, 3.63) is 0 Å². The minimum Gasteiger partial charge on any atom is -0.381 e. The van der Waals surface area contributed by atoms with E-state index in [1.807, 2.05) is 6.92 Å². The third-order valence-corrected chi connectivity index (χ3v) is 3.76. The second-order valence-corrected chi connectivity index (χ2v) is 4.65. The molecule has 2 atom stereocenters. The lowest BCUT2D eigenvalue weighted by molar-refractivity contribution is -0.122. The number of hydrogen-bond acceptors (Lipinski definition) is 3. The highest BCUT2D eigenvalue weighted by Gasteiger charge is 2.44. The largest absolute Gasteiger partial charge is 0.381 e. The fourth-order valence-electron chi connectivity index (χ4n) is 2.58. The molecule has 2 rings (SSSR count). The second-order valence-electron chi connectivity index (χ2n) is 4.65. The summed E-state index contributed by atoms with van der Waals surface area (Å²) >= 11 is 0. The quantitative estimate of drug-likeness (QED) is 0.768. The maximum Gasteiger partial charge on any atom is 0.219 e. The maximum absolute atomic E-state index is 11.3. The van der Waals surface area contributed by atoms with Crippen LogP contribution >= 0.6 is 12.4 Å². The summed E-state index contributed by atoms with van der Waals surface area (Å²) in [4.78, 5) is 11.3. The van der Waals surface area contributed by atoms with Crippen LogP contribution in [0.5, 0.6) is 0 Å². The van der Waals surface area contributed by atoms with Gasteiger partial charge >= 0.3 is 0 Å². The Morgan fingerprint density at radius 1 is 1.62 bits per heavy atom. The maximum atomic E-state index is 11.3. The lowest BCUT2D eigenvalue weighted by atomic mass is 9.74. The molecule has 94 valence electrons. The minimum atomic E-state index is 0. The Morgan fingerprint density at radius 3 is 3.19 bits per heavy atom. The highest BCUT2D eigenvalue weighted by molar-refractivity contribution is 5.85. The Labute approximate surface area is 103 Å². The summed E-state index contributed by atoms with van der Waals surface area (Å²) in [5.74, 6) is 0.727. The van der Waals surface area contributed by atoms with Gasteiger partial charge in [0, 0.05) is 44.0 Å². The highest BCUT2D eigenvalue weighted by atomic mass is 35.5. The van der Waals surface area contributed by atoms with Crippen LogP contribution in [0.1, 0.15) is 19.8 Å². The van der Waals surface area contributed by atoms with Crippen molar-refractivity contribution in [2.24, 2.45) is 11.3 Å². The number of rotatable bonds is 3. The summed E-state index contributed by atoms with van der Waals surface area (Å²) in [5, 5.41) is 6.45. The topological polar surface area (TPSA) is 50.4 Å². The van der Waals surface area contributed by atoms with Gasteiger partial charge in [0.2, 0.25) is 5.91 Å². The zero-order valence-corrected chi connectivity index (χ0v) is 10.6. The lowest BCUT2D eigenvalue weighted by Crippen LogP contribution is -2.47. The van der Waals surface area contributed by atoms with E-state index in [2.05, 4.69) is 10.6 Å². The first-order valence-corrected chi connectivity index (χ1v) is 5.82. The molecule has 0 radical (unpaired) electrons. The van der Waals surface area contributed by atoms with Crippen molar-refractivity contribution in [3.8, 4) is 0 Å². The number of amides is 1. The third-order valence-electron chi connectivity index (χ3n) is 3.76. The Bertz CT molecular complexity index is 250. The number of halogens is 1. The van der Waals surface area contributed by atoms with Crippen LogP contribution in [0.4, 0.5) is 0 Å². The zero-order valence-electron chi connectivity index (χ0n) is 9.75. The summed E-state index contributed by atoms with van der Waals surface area (Å²) in [7, 11) is 0. The van der Waals surface area contributed by atoms with Crippen molar-refractivity contribution in [2.75, 3.05) is 32.8 Å². The van der Waals surface area contributed by atoms with Gasteiger partial charge in [0.1, 0.15) is 0 Å². The number of nitrogens with one attached hydrogen (secondary N) is 2. The Morgan fingerprint density at radius 2 is 2.44 bits per heavy atom. The summed E-state index contributed by atoms with van der Waals surface area (Å²) in [6, 6.07) is 0. The first-order chi connectivity index (χ1) is 7.27. The molecule has 0 saturated carbocycles. The lowest BCUT2D eigenvalue weighted by Gasteiger charge is -2.38. The Hall–Kier alpha value is -0.320. The van der Waals surface area contributed by atoms with E-state index >= 15 is 0 Å². The molecule has 2 unspecified atom stereocenters. The van der Waals surface area contributed by atoms with E-state index in [0.29, 0.717) is 12.3 Å². The van der Waals surface area contributed by atoms with Crippen LogP contribution in [-0.2, 0) is 9.53 Å². The van der Waals surface area contributed by atoms with Crippen LogP contribution in [0.15, 0.2) is 0 Å². The normalized spacial score (nSPS) is 32.7. The van der Waals surface area contributed by atoms with Crippen LogP contribution in [0.25, 0.3) is 0 Å². The molecule has 4 nitrogen and oxygen atoms in total. The molecule has 0 aromatic rings. The molecule has 2 aliphatic rings. The van der Waals surface area contributed by atoms with Crippen molar-refractivity contribution in [1.82, 2.24) is 10.6 Å². The fourth-order valence-corrected chi connectivity index (χ4v) is 2.58. The smallest absolute Gasteiger partial charge is 0.219 e. The van der Waals surface area contributed by atoms with Crippen LogP contribution in [-0.4, -0.2) is 38.8 Å². The van der Waals surface area contributed by atoms with Gasteiger partial charge in [0.05, 0.1) is 6.61 Å². The van der Waals surface area contributed by atoms with Crippen LogP contribution in [0.3, 0.4) is 0 Å². The number of ether oxygens (including phenoxy) is 1. The van der Waals surface area contributed by atoms with Gasteiger partial charge in [-0.25, -0.2) is 0 Å². The summed E-state index contributed by atoms with van der Waals surface area (Å²) < 4.78 is 5.49. The van der Waals surface area contributed by atoms with Crippen molar-refractivity contribution < 1.29 is 9.53 Å². The van der Waals surface area contributed by atoms with Gasteiger partial charge in [-0.3, -0.25) is 4.79 Å². The van der Waals surface area contributed by atoms with E-state index in [1.54, 1.807) is 0 Å². The molecule has 16 heavy (non-hydrogen) atoms. The number of carbonyl (C=O) groups excluding carboxylic acids is 1. The van der Waals surface area contributed by atoms with Crippen molar-refractivity contribution in [2.45, 2.75) is 19.8 Å². The van der Waals surface area contributed by atoms with E-state index in [0.717, 1.165) is 39.3 Å².